The molecule has 0 radical (unpaired) electrons. The molecule has 0 heterocycles. The van der Waals surface area contributed by atoms with Gasteiger partial charge in [-0.2, -0.15) is 0 Å². The van der Waals surface area contributed by atoms with Crippen molar-refractivity contribution in [1.82, 2.24) is 0 Å². The van der Waals surface area contributed by atoms with Gasteiger partial charge in [-0.1, -0.05) is 37.8 Å². The van der Waals surface area contributed by atoms with E-state index in [0.717, 1.165) is 34.5 Å². The molecule has 0 heteroatoms. The fraction of sp³-hybridized carbons (Fsp3) is 0.750. The van der Waals surface area contributed by atoms with Crippen LogP contribution in [-0.2, 0) is 0 Å². The van der Waals surface area contributed by atoms with Crippen LogP contribution < -0.4 is 0 Å². The Morgan fingerprint density at radius 3 is 1.08 bits per heavy atom. The maximum Gasteiger partial charge on any atom is -0.00963 e. The third-order valence-corrected chi connectivity index (χ3v) is 10.1. The highest BCUT2D eigenvalue weighted by Crippen LogP contribution is 2.74. The summed E-state index contributed by atoms with van der Waals surface area (Å²) in [4.78, 5) is 0. The molecule has 0 unspecified atom stereocenters. The molecule has 4 fully saturated rings. The van der Waals surface area contributed by atoms with E-state index in [1.807, 2.05) is 22.3 Å². The summed E-state index contributed by atoms with van der Waals surface area (Å²) in [5.74, 6) is 3.79. The monoisotopic (exact) mass is 318 g/mol. The van der Waals surface area contributed by atoms with E-state index < -0.39 is 0 Å². The lowest BCUT2D eigenvalue weighted by molar-refractivity contribution is 0.257. The molecule has 0 amide bonds. The Hall–Kier alpha value is -0.780. The van der Waals surface area contributed by atoms with Gasteiger partial charge in [-0.25, -0.2) is 0 Å². The van der Waals surface area contributed by atoms with E-state index in [4.69, 9.17) is 0 Å². The van der Waals surface area contributed by atoms with Gasteiger partial charge in [0.1, 0.15) is 0 Å². The Morgan fingerprint density at radius 1 is 0.500 bits per heavy atom. The van der Waals surface area contributed by atoms with Crippen LogP contribution in [0.2, 0.25) is 0 Å². The molecule has 6 aliphatic carbocycles. The molecule has 0 aromatic heterocycles. The first-order valence-corrected chi connectivity index (χ1v) is 11.0. The molecular weight excluding hydrogens is 288 g/mol. The molecular formula is C24H30. The fourth-order valence-electron chi connectivity index (χ4n) is 9.50. The molecule has 4 saturated carbocycles. The third-order valence-electron chi connectivity index (χ3n) is 10.1. The van der Waals surface area contributed by atoms with E-state index in [1.54, 1.807) is 25.7 Å². The Morgan fingerprint density at radius 2 is 0.792 bits per heavy atom. The summed E-state index contributed by atoms with van der Waals surface area (Å²) in [5.41, 5.74) is 8.86. The summed E-state index contributed by atoms with van der Waals surface area (Å²) in [6.07, 6.45) is 18.2. The van der Waals surface area contributed by atoms with Gasteiger partial charge < -0.3 is 0 Å². The maximum absolute atomic E-state index is 2.80. The van der Waals surface area contributed by atoms with Gasteiger partial charge in [-0.05, 0) is 108 Å². The van der Waals surface area contributed by atoms with Gasteiger partial charge in [0.15, 0.2) is 0 Å². The van der Waals surface area contributed by atoms with Crippen molar-refractivity contribution in [2.24, 2.45) is 10.8 Å². The molecule has 7 rings (SSSR count). The molecule has 0 saturated heterocycles. The number of rotatable bonds is 0. The topological polar surface area (TPSA) is 0 Å². The smallest absolute Gasteiger partial charge is 0.00963 e. The number of benzene rings is 1. The van der Waals surface area contributed by atoms with Gasteiger partial charge in [0.2, 0.25) is 0 Å². The second kappa shape index (κ2) is 4.13. The first-order chi connectivity index (χ1) is 11.8. The Kier molecular flexibility index (Phi) is 2.31. The van der Waals surface area contributed by atoms with E-state index >= 15 is 0 Å². The van der Waals surface area contributed by atoms with Gasteiger partial charge in [0.25, 0.3) is 0 Å². The normalized spacial score (nSPS) is 41.7. The quantitative estimate of drug-likeness (QED) is 0.496. The number of fused-ring (bicyclic) bond motifs is 6. The molecule has 1 aromatic rings. The van der Waals surface area contributed by atoms with Crippen LogP contribution in [0.3, 0.4) is 0 Å². The first-order valence-electron chi connectivity index (χ1n) is 11.0. The summed E-state index contributed by atoms with van der Waals surface area (Å²) in [6.45, 7) is 0. The van der Waals surface area contributed by atoms with Gasteiger partial charge in [-0.3, -0.25) is 0 Å². The van der Waals surface area contributed by atoms with Gasteiger partial charge in [0, 0.05) is 0 Å². The summed E-state index contributed by atoms with van der Waals surface area (Å²) in [7, 11) is 0. The standard InChI is InChI=1S/C24H30/c1-2-10-23(9-1)19-5-6-20(23)16-14-18-17(13-15(16)19)21-7-8-22(18)24(21)11-3-4-12-24/h13-14,19-22H,1-12H2/t19-,20+,21-,22+. The molecule has 0 N–H and O–H groups in total. The predicted octanol–water partition coefficient (Wildman–Crippen LogP) is 6.76. The summed E-state index contributed by atoms with van der Waals surface area (Å²) in [5, 5.41) is 0. The zero-order valence-electron chi connectivity index (χ0n) is 14.9. The highest BCUT2D eigenvalue weighted by Gasteiger charge is 2.61. The number of hydrogen-bond acceptors (Lipinski definition) is 0. The van der Waals surface area contributed by atoms with Crippen molar-refractivity contribution in [2.75, 3.05) is 0 Å². The average molecular weight is 319 g/mol. The molecule has 1 aromatic carbocycles. The molecule has 2 spiro atoms. The Bertz CT molecular complexity index is 618. The molecule has 24 heavy (non-hydrogen) atoms. The minimum absolute atomic E-state index is 0.724. The van der Waals surface area contributed by atoms with Crippen LogP contribution in [0.4, 0.5) is 0 Å². The molecule has 0 nitrogen and oxygen atoms in total. The van der Waals surface area contributed by atoms with Crippen LogP contribution in [0, 0.1) is 10.8 Å². The van der Waals surface area contributed by atoms with E-state index in [9.17, 15) is 0 Å². The average Bonchev–Trinajstić information content (AvgIpc) is 3.44. The van der Waals surface area contributed by atoms with Gasteiger partial charge in [-0.15, -0.1) is 0 Å². The van der Waals surface area contributed by atoms with Crippen LogP contribution in [-0.4, -0.2) is 0 Å². The van der Waals surface area contributed by atoms with Crippen LogP contribution in [0.5, 0.6) is 0 Å². The lowest BCUT2D eigenvalue weighted by Gasteiger charge is -2.30. The molecule has 6 aliphatic rings. The van der Waals surface area contributed by atoms with Crippen LogP contribution >= 0.6 is 0 Å². The van der Waals surface area contributed by atoms with Gasteiger partial charge in [0.05, 0.1) is 0 Å². The molecule has 126 valence electrons. The molecule has 4 bridgehead atoms. The second-order valence-corrected chi connectivity index (χ2v) is 10.4. The lowest BCUT2D eigenvalue weighted by Crippen LogP contribution is -2.20. The third kappa shape index (κ3) is 1.25. The summed E-state index contributed by atoms with van der Waals surface area (Å²) >= 11 is 0. The highest BCUT2D eigenvalue weighted by atomic mass is 14.6. The van der Waals surface area contributed by atoms with Crippen LogP contribution in [0.15, 0.2) is 12.1 Å². The minimum Gasteiger partial charge on any atom is -0.0546 e. The van der Waals surface area contributed by atoms with Gasteiger partial charge >= 0.3 is 0 Å². The lowest BCUT2D eigenvalue weighted by atomic mass is 9.73. The Labute approximate surface area is 146 Å². The van der Waals surface area contributed by atoms with Crippen molar-refractivity contribution in [3.63, 3.8) is 0 Å². The summed E-state index contributed by atoms with van der Waals surface area (Å²) < 4.78 is 0. The second-order valence-electron chi connectivity index (χ2n) is 10.4. The first kappa shape index (κ1) is 13.4. The van der Waals surface area contributed by atoms with Crippen molar-refractivity contribution in [3.05, 3.63) is 34.4 Å². The summed E-state index contributed by atoms with van der Waals surface area (Å²) in [6, 6.07) is 5.61. The molecule has 4 atom stereocenters. The molecule has 0 aliphatic heterocycles. The minimum atomic E-state index is 0.724. The van der Waals surface area contributed by atoms with Crippen LogP contribution in [0.1, 0.15) is 123 Å². The zero-order chi connectivity index (χ0) is 15.5. The predicted molar refractivity (Wildman–Crippen MR) is 97.7 cm³/mol. The van der Waals surface area contributed by atoms with Crippen molar-refractivity contribution in [3.8, 4) is 0 Å². The maximum atomic E-state index is 2.80. The largest absolute Gasteiger partial charge is 0.0546 e. The van der Waals surface area contributed by atoms with Crippen LogP contribution in [0.25, 0.3) is 0 Å². The van der Waals surface area contributed by atoms with E-state index in [-0.39, 0.29) is 0 Å². The van der Waals surface area contributed by atoms with Crippen molar-refractivity contribution in [2.45, 2.75) is 101 Å². The van der Waals surface area contributed by atoms with Crippen molar-refractivity contribution in [1.29, 1.82) is 0 Å². The zero-order valence-corrected chi connectivity index (χ0v) is 14.9. The highest BCUT2D eigenvalue weighted by molar-refractivity contribution is 5.56. The Balaban J connectivity index is 1.40. The SMILES string of the molecule is c1c2c(cc3c1[C@H]1CC[C@@H]3C13CCCC3)[C@@H]1CC[C@H]2C12CCCC2. The van der Waals surface area contributed by atoms with Crippen molar-refractivity contribution < 1.29 is 0 Å². The fourth-order valence-corrected chi connectivity index (χ4v) is 9.50. The number of hydrogen-bond donors (Lipinski definition) is 0. The van der Waals surface area contributed by atoms with E-state index in [0.29, 0.717) is 0 Å². The van der Waals surface area contributed by atoms with Crippen molar-refractivity contribution >= 4 is 0 Å². The van der Waals surface area contributed by atoms with E-state index in [1.165, 1.54) is 51.4 Å². The van der Waals surface area contributed by atoms with E-state index in [2.05, 4.69) is 12.1 Å².